The summed E-state index contributed by atoms with van der Waals surface area (Å²) in [6, 6.07) is 13.3. The number of fused-ring (bicyclic) bond motifs is 1. The highest BCUT2D eigenvalue weighted by Gasteiger charge is 2.09. The van der Waals surface area contributed by atoms with Gasteiger partial charge in [0.25, 0.3) is 0 Å². The second-order valence-electron chi connectivity index (χ2n) is 4.75. The number of rotatable bonds is 2. The SMILES string of the molecule is CC(=O)Nc1cccc(-c2nc3ccc(C)cc3o2)c1. The van der Waals surface area contributed by atoms with Gasteiger partial charge in [0.15, 0.2) is 5.58 Å². The van der Waals surface area contributed by atoms with E-state index in [4.69, 9.17) is 4.42 Å². The molecular formula is C16H14N2O2. The highest BCUT2D eigenvalue weighted by atomic mass is 16.3. The van der Waals surface area contributed by atoms with Gasteiger partial charge in [-0.25, -0.2) is 4.98 Å². The summed E-state index contributed by atoms with van der Waals surface area (Å²) in [5.41, 5.74) is 4.30. The zero-order valence-corrected chi connectivity index (χ0v) is 11.3. The van der Waals surface area contributed by atoms with Gasteiger partial charge in [-0.05, 0) is 42.8 Å². The lowest BCUT2D eigenvalue weighted by molar-refractivity contribution is -0.114. The summed E-state index contributed by atoms with van der Waals surface area (Å²) >= 11 is 0. The predicted octanol–water partition coefficient (Wildman–Crippen LogP) is 3.76. The van der Waals surface area contributed by atoms with Crippen LogP contribution in [-0.4, -0.2) is 10.9 Å². The first-order valence-electron chi connectivity index (χ1n) is 6.37. The van der Waals surface area contributed by atoms with Crippen molar-refractivity contribution in [2.75, 3.05) is 5.32 Å². The fraction of sp³-hybridized carbons (Fsp3) is 0.125. The number of aryl methyl sites for hydroxylation is 1. The lowest BCUT2D eigenvalue weighted by Crippen LogP contribution is -2.05. The van der Waals surface area contributed by atoms with Gasteiger partial charge in [0.1, 0.15) is 5.52 Å². The maximum Gasteiger partial charge on any atom is 0.227 e. The molecule has 3 rings (SSSR count). The molecule has 0 saturated heterocycles. The number of hydrogen-bond donors (Lipinski definition) is 1. The van der Waals surface area contributed by atoms with E-state index in [0.29, 0.717) is 5.89 Å². The Morgan fingerprint density at radius 3 is 2.85 bits per heavy atom. The predicted molar refractivity (Wildman–Crippen MR) is 78.5 cm³/mol. The van der Waals surface area contributed by atoms with Gasteiger partial charge in [-0.3, -0.25) is 4.79 Å². The van der Waals surface area contributed by atoms with E-state index >= 15 is 0 Å². The third-order valence-corrected chi connectivity index (χ3v) is 2.97. The van der Waals surface area contributed by atoms with Crippen molar-refractivity contribution in [3.05, 3.63) is 48.0 Å². The van der Waals surface area contributed by atoms with Gasteiger partial charge in [0.05, 0.1) is 0 Å². The van der Waals surface area contributed by atoms with Crippen LogP contribution in [0.3, 0.4) is 0 Å². The monoisotopic (exact) mass is 266 g/mol. The molecule has 100 valence electrons. The molecular weight excluding hydrogens is 252 g/mol. The molecule has 20 heavy (non-hydrogen) atoms. The number of oxazole rings is 1. The van der Waals surface area contributed by atoms with Crippen LogP contribution in [0.1, 0.15) is 12.5 Å². The van der Waals surface area contributed by atoms with Gasteiger partial charge in [-0.15, -0.1) is 0 Å². The molecule has 4 heteroatoms. The highest BCUT2D eigenvalue weighted by molar-refractivity contribution is 5.89. The number of anilines is 1. The quantitative estimate of drug-likeness (QED) is 0.768. The van der Waals surface area contributed by atoms with Gasteiger partial charge in [-0.1, -0.05) is 12.1 Å². The molecule has 0 unspecified atom stereocenters. The minimum Gasteiger partial charge on any atom is -0.436 e. The smallest absolute Gasteiger partial charge is 0.227 e. The number of carbonyl (C=O) groups excluding carboxylic acids is 1. The molecule has 4 nitrogen and oxygen atoms in total. The maximum absolute atomic E-state index is 11.1. The molecule has 0 saturated carbocycles. The summed E-state index contributed by atoms with van der Waals surface area (Å²) in [5, 5.41) is 2.75. The van der Waals surface area contributed by atoms with Crippen molar-refractivity contribution >= 4 is 22.7 Å². The second-order valence-corrected chi connectivity index (χ2v) is 4.75. The molecule has 0 radical (unpaired) electrons. The van der Waals surface area contributed by atoms with Gasteiger partial charge in [0, 0.05) is 18.2 Å². The van der Waals surface area contributed by atoms with Crippen LogP contribution in [0.4, 0.5) is 5.69 Å². The Hall–Kier alpha value is -2.62. The molecule has 1 N–H and O–H groups in total. The van der Waals surface area contributed by atoms with E-state index in [1.165, 1.54) is 6.92 Å². The Balaban J connectivity index is 2.03. The van der Waals surface area contributed by atoms with Gasteiger partial charge in [0.2, 0.25) is 11.8 Å². The van der Waals surface area contributed by atoms with E-state index in [0.717, 1.165) is 27.9 Å². The number of carbonyl (C=O) groups is 1. The van der Waals surface area contributed by atoms with Gasteiger partial charge < -0.3 is 9.73 Å². The number of nitrogens with one attached hydrogen (secondary N) is 1. The standard InChI is InChI=1S/C16H14N2O2/c1-10-6-7-14-15(8-10)20-16(18-14)12-4-3-5-13(9-12)17-11(2)19/h3-9H,1-2H3,(H,17,19). The summed E-state index contributed by atoms with van der Waals surface area (Å²) in [7, 11) is 0. The molecule has 0 bridgehead atoms. The van der Waals surface area contributed by atoms with E-state index in [1.54, 1.807) is 0 Å². The summed E-state index contributed by atoms with van der Waals surface area (Å²) in [6.07, 6.45) is 0. The fourth-order valence-electron chi connectivity index (χ4n) is 2.09. The lowest BCUT2D eigenvalue weighted by atomic mass is 10.2. The Morgan fingerprint density at radius 2 is 2.05 bits per heavy atom. The van der Waals surface area contributed by atoms with Crippen LogP contribution in [0, 0.1) is 6.92 Å². The van der Waals surface area contributed by atoms with Crippen LogP contribution in [-0.2, 0) is 4.79 Å². The van der Waals surface area contributed by atoms with Crippen molar-refractivity contribution in [1.82, 2.24) is 4.98 Å². The summed E-state index contributed by atoms with van der Waals surface area (Å²) in [6.45, 7) is 3.49. The van der Waals surface area contributed by atoms with E-state index in [2.05, 4.69) is 10.3 Å². The average molecular weight is 266 g/mol. The normalized spacial score (nSPS) is 10.7. The maximum atomic E-state index is 11.1. The molecule has 0 spiro atoms. The minimum atomic E-state index is -0.102. The Morgan fingerprint density at radius 1 is 1.20 bits per heavy atom. The number of nitrogens with zero attached hydrogens (tertiary/aromatic N) is 1. The first kappa shape index (κ1) is 12.4. The minimum absolute atomic E-state index is 0.102. The Bertz CT molecular complexity index is 790. The Kier molecular flexibility index (Phi) is 2.99. The molecule has 0 aliphatic carbocycles. The molecule has 1 heterocycles. The van der Waals surface area contributed by atoms with Gasteiger partial charge >= 0.3 is 0 Å². The lowest BCUT2D eigenvalue weighted by Gasteiger charge is -2.02. The van der Waals surface area contributed by atoms with Crippen LogP contribution < -0.4 is 5.32 Å². The number of aromatic nitrogens is 1. The van der Waals surface area contributed by atoms with Crippen LogP contribution in [0.15, 0.2) is 46.9 Å². The molecule has 2 aromatic carbocycles. The van der Waals surface area contributed by atoms with Crippen LogP contribution in [0.5, 0.6) is 0 Å². The zero-order valence-electron chi connectivity index (χ0n) is 11.3. The van der Waals surface area contributed by atoms with Crippen molar-refractivity contribution in [2.24, 2.45) is 0 Å². The average Bonchev–Trinajstić information content (AvgIpc) is 2.81. The van der Waals surface area contributed by atoms with Gasteiger partial charge in [-0.2, -0.15) is 0 Å². The van der Waals surface area contributed by atoms with Crippen LogP contribution in [0.25, 0.3) is 22.6 Å². The molecule has 1 aromatic heterocycles. The molecule has 1 amide bonds. The van der Waals surface area contributed by atoms with Crippen LogP contribution >= 0.6 is 0 Å². The highest BCUT2D eigenvalue weighted by Crippen LogP contribution is 2.26. The first-order chi connectivity index (χ1) is 9.61. The fourth-order valence-corrected chi connectivity index (χ4v) is 2.09. The molecule has 0 aliphatic rings. The first-order valence-corrected chi connectivity index (χ1v) is 6.37. The Labute approximate surface area is 116 Å². The number of hydrogen-bond acceptors (Lipinski definition) is 3. The number of amides is 1. The zero-order chi connectivity index (χ0) is 14.1. The molecule has 0 aliphatic heterocycles. The van der Waals surface area contributed by atoms with E-state index in [-0.39, 0.29) is 5.91 Å². The van der Waals surface area contributed by atoms with E-state index in [9.17, 15) is 4.79 Å². The number of benzene rings is 2. The van der Waals surface area contributed by atoms with Crippen molar-refractivity contribution in [3.8, 4) is 11.5 Å². The van der Waals surface area contributed by atoms with Crippen molar-refractivity contribution in [2.45, 2.75) is 13.8 Å². The molecule has 3 aromatic rings. The summed E-state index contributed by atoms with van der Waals surface area (Å²) in [4.78, 5) is 15.6. The van der Waals surface area contributed by atoms with Crippen molar-refractivity contribution in [1.29, 1.82) is 0 Å². The topological polar surface area (TPSA) is 55.1 Å². The third-order valence-electron chi connectivity index (χ3n) is 2.97. The largest absolute Gasteiger partial charge is 0.436 e. The second kappa shape index (κ2) is 4.81. The molecule has 0 fully saturated rings. The van der Waals surface area contributed by atoms with Crippen molar-refractivity contribution < 1.29 is 9.21 Å². The van der Waals surface area contributed by atoms with E-state index < -0.39 is 0 Å². The third kappa shape index (κ3) is 2.40. The summed E-state index contributed by atoms with van der Waals surface area (Å²) < 4.78 is 5.77. The molecule has 0 atom stereocenters. The summed E-state index contributed by atoms with van der Waals surface area (Å²) in [5.74, 6) is 0.452. The van der Waals surface area contributed by atoms with E-state index in [1.807, 2.05) is 49.4 Å². The van der Waals surface area contributed by atoms with Crippen LogP contribution in [0.2, 0.25) is 0 Å². The van der Waals surface area contributed by atoms with Crippen molar-refractivity contribution in [3.63, 3.8) is 0 Å².